The van der Waals surface area contributed by atoms with Gasteiger partial charge in [-0.25, -0.2) is 0 Å². The Morgan fingerprint density at radius 1 is 1.32 bits per heavy atom. The van der Waals surface area contributed by atoms with Crippen molar-refractivity contribution < 1.29 is 0 Å². The molecule has 2 unspecified atom stereocenters. The number of anilines is 1. The lowest BCUT2D eigenvalue weighted by Crippen LogP contribution is -2.56. The molecule has 0 N–H and O–H groups in total. The quantitative estimate of drug-likeness (QED) is 0.809. The first-order valence-electron chi connectivity index (χ1n) is 6.49. The summed E-state index contributed by atoms with van der Waals surface area (Å²) in [5, 5.41) is 18.0. The van der Waals surface area contributed by atoms with E-state index in [1.54, 1.807) is 0 Å². The second-order valence-corrected chi connectivity index (χ2v) is 5.12. The Balaban J connectivity index is 2.29. The third kappa shape index (κ3) is 2.86. The van der Waals surface area contributed by atoms with E-state index in [-0.39, 0.29) is 6.04 Å². The number of nitriles is 2. The smallest absolute Gasteiger partial charge is 0.0992 e. The predicted octanol–water partition coefficient (Wildman–Crippen LogP) is 1.98. The Labute approximate surface area is 114 Å². The van der Waals surface area contributed by atoms with Crippen LogP contribution in [0.2, 0.25) is 0 Å². The molecule has 0 spiro atoms. The molecule has 0 radical (unpaired) electrons. The molecule has 2 atom stereocenters. The van der Waals surface area contributed by atoms with Gasteiger partial charge in [0.15, 0.2) is 0 Å². The van der Waals surface area contributed by atoms with Gasteiger partial charge >= 0.3 is 0 Å². The lowest BCUT2D eigenvalue weighted by Gasteiger charge is -2.44. The van der Waals surface area contributed by atoms with Gasteiger partial charge in [0.25, 0.3) is 0 Å². The summed E-state index contributed by atoms with van der Waals surface area (Å²) in [6.07, 6.45) is 0.508. The number of likely N-dealkylation sites (N-methyl/N-ethyl adjacent to an activating group) is 1. The topological polar surface area (TPSA) is 54.1 Å². The van der Waals surface area contributed by atoms with Gasteiger partial charge in [-0.15, -0.1) is 0 Å². The molecule has 1 aliphatic heterocycles. The molecule has 1 saturated heterocycles. The van der Waals surface area contributed by atoms with Gasteiger partial charge in [-0.2, -0.15) is 10.5 Å². The van der Waals surface area contributed by atoms with Crippen LogP contribution < -0.4 is 4.90 Å². The van der Waals surface area contributed by atoms with Gasteiger partial charge in [-0.05, 0) is 32.2 Å². The predicted molar refractivity (Wildman–Crippen MR) is 74.6 cm³/mol. The molecule has 1 fully saturated rings. The average Bonchev–Trinajstić information content (AvgIpc) is 2.43. The monoisotopic (exact) mass is 254 g/mol. The molecule has 0 saturated carbocycles. The third-order valence-corrected chi connectivity index (χ3v) is 3.79. The van der Waals surface area contributed by atoms with Crippen molar-refractivity contribution in [1.82, 2.24) is 4.90 Å². The summed E-state index contributed by atoms with van der Waals surface area (Å²) in [5.74, 6) is 0. The van der Waals surface area contributed by atoms with Crippen LogP contribution in [0.1, 0.15) is 18.9 Å². The van der Waals surface area contributed by atoms with Crippen LogP contribution >= 0.6 is 0 Å². The second-order valence-electron chi connectivity index (χ2n) is 5.12. The molecule has 1 aromatic carbocycles. The van der Waals surface area contributed by atoms with Crippen LogP contribution in [0, 0.1) is 22.7 Å². The number of benzene rings is 1. The van der Waals surface area contributed by atoms with Gasteiger partial charge < -0.3 is 4.90 Å². The number of rotatable bonds is 2. The second kappa shape index (κ2) is 5.73. The maximum atomic E-state index is 8.99. The van der Waals surface area contributed by atoms with E-state index < -0.39 is 0 Å². The Hall–Kier alpha value is -2.04. The summed E-state index contributed by atoms with van der Waals surface area (Å²) < 4.78 is 0. The Kier molecular flexibility index (Phi) is 4.04. The zero-order valence-corrected chi connectivity index (χ0v) is 11.4. The standard InChI is InChI=1S/C15H18N4/c1-12-10-19(15(6-7-16)11-18(12)2)14-5-3-4-13(8-14)9-17/h3-5,8,12,15H,6,10-11H2,1-2H3. The molecule has 98 valence electrons. The highest BCUT2D eigenvalue weighted by molar-refractivity contribution is 5.53. The highest BCUT2D eigenvalue weighted by atomic mass is 15.3. The van der Waals surface area contributed by atoms with Crippen molar-refractivity contribution >= 4 is 5.69 Å². The molecule has 0 bridgehead atoms. The normalized spacial score (nSPS) is 23.7. The summed E-state index contributed by atoms with van der Waals surface area (Å²) >= 11 is 0. The van der Waals surface area contributed by atoms with E-state index in [0.717, 1.165) is 18.8 Å². The first-order valence-corrected chi connectivity index (χ1v) is 6.49. The highest BCUT2D eigenvalue weighted by Crippen LogP contribution is 2.24. The van der Waals surface area contributed by atoms with Gasteiger partial charge in [-0.1, -0.05) is 6.07 Å². The molecule has 1 heterocycles. The molecule has 0 aliphatic carbocycles. The van der Waals surface area contributed by atoms with Crippen LogP contribution in [-0.4, -0.2) is 37.1 Å². The fraction of sp³-hybridized carbons (Fsp3) is 0.467. The molecule has 0 aromatic heterocycles. The van der Waals surface area contributed by atoms with Crippen LogP contribution in [0.5, 0.6) is 0 Å². The zero-order valence-electron chi connectivity index (χ0n) is 11.4. The van der Waals surface area contributed by atoms with Gasteiger partial charge in [0.2, 0.25) is 0 Å². The van der Waals surface area contributed by atoms with E-state index in [2.05, 4.69) is 35.9 Å². The number of hydrogen-bond donors (Lipinski definition) is 0. The molecule has 19 heavy (non-hydrogen) atoms. The number of nitrogens with zero attached hydrogens (tertiary/aromatic N) is 4. The molecule has 1 aromatic rings. The van der Waals surface area contributed by atoms with E-state index >= 15 is 0 Å². The fourth-order valence-corrected chi connectivity index (χ4v) is 2.53. The SMILES string of the molecule is CC1CN(c2cccc(C#N)c2)C(CC#N)CN1C. The van der Waals surface area contributed by atoms with Gasteiger partial charge in [0, 0.05) is 24.8 Å². The lowest BCUT2D eigenvalue weighted by molar-refractivity contribution is 0.201. The van der Waals surface area contributed by atoms with Crippen molar-refractivity contribution in [3.63, 3.8) is 0 Å². The minimum Gasteiger partial charge on any atom is -0.365 e. The molecular formula is C15H18N4. The lowest BCUT2D eigenvalue weighted by atomic mass is 10.0. The van der Waals surface area contributed by atoms with E-state index in [4.69, 9.17) is 10.5 Å². The van der Waals surface area contributed by atoms with Crippen LogP contribution in [0.15, 0.2) is 24.3 Å². The maximum Gasteiger partial charge on any atom is 0.0992 e. The summed E-state index contributed by atoms with van der Waals surface area (Å²) in [6.45, 7) is 3.95. The zero-order chi connectivity index (χ0) is 13.8. The molecule has 0 amide bonds. The van der Waals surface area contributed by atoms with Gasteiger partial charge in [-0.3, -0.25) is 4.90 Å². The van der Waals surface area contributed by atoms with Crippen molar-refractivity contribution in [1.29, 1.82) is 10.5 Å². The summed E-state index contributed by atoms with van der Waals surface area (Å²) in [4.78, 5) is 4.54. The minimum absolute atomic E-state index is 0.195. The maximum absolute atomic E-state index is 8.99. The Morgan fingerprint density at radius 3 is 2.79 bits per heavy atom. The summed E-state index contributed by atoms with van der Waals surface area (Å²) in [6, 6.07) is 12.7. The van der Waals surface area contributed by atoms with E-state index in [1.165, 1.54) is 0 Å². The van der Waals surface area contributed by atoms with E-state index in [0.29, 0.717) is 18.0 Å². The minimum atomic E-state index is 0.195. The van der Waals surface area contributed by atoms with Crippen LogP contribution in [0.4, 0.5) is 5.69 Å². The fourth-order valence-electron chi connectivity index (χ4n) is 2.53. The van der Waals surface area contributed by atoms with Crippen molar-refractivity contribution in [3.05, 3.63) is 29.8 Å². The third-order valence-electron chi connectivity index (χ3n) is 3.79. The van der Waals surface area contributed by atoms with Crippen LogP contribution in [0.3, 0.4) is 0 Å². The van der Waals surface area contributed by atoms with Crippen molar-refractivity contribution in [2.45, 2.75) is 25.4 Å². The average molecular weight is 254 g/mol. The van der Waals surface area contributed by atoms with Gasteiger partial charge in [0.05, 0.1) is 30.2 Å². The first kappa shape index (κ1) is 13.4. The summed E-state index contributed by atoms with van der Waals surface area (Å²) in [7, 11) is 2.10. The van der Waals surface area contributed by atoms with Crippen LogP contribution in [-0.2, 0) is 0 Å². The van der Waals surface area contributed by atoms with E-state index in [9.17, 15) is 0 Å². The largest absolute Gasteiger partial charge is 0.365 e. The number of piperazine rings is 1. The first-order chi connectivity index (χ1) is 9.15. The Bertz CT molecular complexity index is 526. The number of hydrogen-bond acceptors (Lipinski definition) is 4. The van der Waals surface area contributed by atoms with Gasteiger partial charge in [0.1, 0.15) is 0 Å². The molecular weight excluding hydrogens is 236 g/mol. The molecule has 2 rings (SSSR count). The molecule has 4 heteroatoms. The van der Waals surface area contributed by atoms with Crippen LogP contribution in [0.25, 0.3) is 0 Å². The van der Waals surface area contributed by atoms with Crippen molar-refractivity contribution in [2.24, 2.45) is 0 Å². The van der Waals surface area contributed by atoms with Crippen molar-refractivity contribution in [3.8, 4) is 12.1 Å². The molecule has 1 aliphatic rings. The molecule has 4 nitrogen and oxygen atoms in total. The van der Waals surface area contributed by atoms with E-state index in [1.807, 2.05) is 24.3 Å². The van der Waals surface area contributed by atoms with Crippen molar-refractivity contribution in [2.75, 3.05) is 25.0 Å². The Morgan fingerprint density at radius 2 is 2.11 bits per heavy atom. The summed E-state index contributed by atoms with van der Waals surface area (Å²) in [5.41, 5.74) is 1.71. The highest BCUT2D eigenvalue weighted by Gasteiger charge is 2.29.